The zero-order valence-corrected chi connectivity index (χ0v) is 21.8. The molecule has 7 N–H and O–H groups in total. The first kappa shape index (κ1) is 29.0. The summed E-state index contributed by atoms with van der Waals surface area (Å²) in [5.74, 6) is -2.00. The molecule has 1 fully saturated rings. The van der Waals surface area contributed by atoms with Crippen molar-refractivity contribution in [1.29, 1.82) is 5.26 Å². The highest BCUT2D eigenvalue weighted by molar-refractivity contribution is 5.97. The van der Waals surface area contributed by atoms with Gasteiger partial charge < -0.3 is 36.5 Å². The molecule has 4 rings (SSSR count). The summed E-state index contributed by atoms with van der Waals surface area (Å²) in [5, 5.41) is 38.0. The molecule has 2 aromatic heterocycles. The first-order valence-corrected chi connectivity index (χ1v) is 12.5. The molecule has 0 radical (unpaired) electrons. The molecule has 1 unspecified atom stereocenters. The second-order valence-corrected chi connectivity index (χ2v) is 9.85. The van der Waals surface area contributed by atoms with E-state index in [4.69, 9.17) is 20.9 Å². The fourth-order valence-electron chi connectivity index (χ4n) is 4.43. The summed E-state index contributed by atoms with van der Waals surface area (Å²) in [6, 6.07) is 8.47. The maximum Gasteiger partial charge on any atom is 0.323 e. The number of ether oxygens (including phenoxy) is 2. The lowest BCUT2D eigenvalue weighted by Gasteiger charge is -2.25. The molecule has 3 heterocycles. The van der Waals surface area contributed by atoms with E-state index in [-0.39, 0.29) is 29.4 Å². The Morgan fingerprint density at radius 2 is 1.98 bits per heavy atom. The van der Waals surface area contributed by atoms with E-state index < -0.39 is 60.3 Å². The zero-order valence-electron chi connectivity index (χ0n) is 21.8. The van der Waals surface area contributed by atoms with Crippen molar-refractivity contribution < 1.29 is 33.7 Å². The molecule has 13 nitrogen and oxygen atoms in total. The van der Waals surface area contributed by atoms with Gasteiger partial charge in [0, 0.05) is 0 Å². The number of amides is 1. The summed E-state index contributed by atoms with van der Waals surface area (Å²) in [4.78, 5) is 29.4. The molecule has 1 aliphatic rings. The van der Waals surface area contributed by atoms with Gasteiger partial charge in [0.25, 0.3) is 0 Å². The summed E-state index contributed by atoms with van der Waals surface area (Å²) in [6.45, 7) is 2.77. The monoisotopic (exact) mass is 555 g/mol. The number of rotatable bonds is 9. The number of hydrogen-bond acceptors (Lipinski definition) is 11. The lowest BCUT2D eigenvalue weighted by molar-refractivity contribution is -0.159. The Kier molecular flexibility index (Phi) is 8.43. The van der Waals surface area contributed by atoms with E-state index in [1.54, 1.807) is 13.8 Å². The third kappa shape index (κ3) is 5.37. The number of halogens is 1. The first-order chi connectivity index (χ1) is 19.0. The number of aliphatic hydroxyl groups is 2. The van der Waals surface area contributed by atoms with Crippen LogP contribution in [0, 0.1) is 23.1 Å². The van der Waals surface area contributed by atoms with Gasteiger partial charge in [0.1, 0.15) is 42.0 Å². The molecule has 0 aliphatic carbocycles. The molecule has 6 atom stereocenters. The molecule has 0 saturated carbocycles. The fourth-order valence-corrected chi connectivity index (χ4v) is 4.43. The molecule has 1 saturated heterocycles. The average molecular weight is 556 g/mol. The van der Waals surface area contributed by atoms with Gasteiger partial charge in [0.05, 0.1) is 18.3 Å². The van der Waals surface area contributed by atoms with Crippen molar-refractivity contribution in [1.82, 2.24) is 14.6 Å². The maximum absolute atomic E-state index is 13.2. The van der Waals surface area contributed by atoms with Crippen molar-refractivity contribution in [3.63, 3.8) is 0 Å². The van der Waals surface area contributed by atoms with Gasteiger partial charge in [-0.1, -0.05) is 26.0 Å². The topological polar surface area (TPSA) is 211 Å². The number of aromatic nitrogens is 3. The number of nitrogens with one attached hydrogen (secondary N) is 1. The van der Waals surface area contributed by atoms with E-state index in [0.29, 0.717) is 5.56 Å². The van der Waals surface area contributed by atoms with Crippen LogP contribution < -0.4 is 16.8 Å². The minimum atomic E-state index is -2.11. The van der Waals surface area contributed by atoms with E-state index in [1.165, 1.54) is 40.9 Å². The second-order valence-electron chi connectivity index (χ2n) is 9.85. The quantitative estimate of drug-likeness (QED) is 0.217. The van der Waals surface area contributed by atoms with Gasteiger partial charge in [0.2, 0.25) is 11.5 Å². The van der Waals surface area contributed by atoms with Crippen LogP contribution >= 0.6 is 0 Å². The Hall–Kier alpha value is -4.00. The molecule has 0 bridgehead atoms. The van der Waals surface area contributed by atoms with Crippen LogP contribution in [0.3, 0.4) is 0 Å². The number of hydrogen-bond donors (Lipinski definition) is 5. The zero-order chi connectivity index (χ0) is 29.2. The van der Waals surface area contributed by atoms with Crippen LogP contribution in [0.2, 0.25) is 0 Å². The summed E-state index contributed by atoms with van der Waals surface area (Å²) in [7, 11) is 0. The van der Waals surface area contributed by atoms with Crippen molar-refractivity contribution in [2.75, 3.05) is 11.9 Å². The van der Waals surface area contributed by atoms with Gasteiger partial charge in [0.15, 0.2) is 11.9 Å². The number of benzene rings is 1. The number of carbonyl (C=O) groups excluding carboxylic acids is 2. The highest BCUT2D eigenvalue weighted by Gasteiger charge is 2.59. The van der Waals surface area contributed by atoms with Gasteiger partial charge in [-0.25, -0.2) is 13.9 Å². The van der Waals surface area contributed by atoms with Crippen molar-refractivity contribution in [3.05, 3.63) is 59.8 Å². The van der Waals surface area contributed by atoms with Gasteiger partial charge in [-0.2, -0.15) is 10.4 Å². The molecule has 3 aromatic rings. The van der Waals surface area contributed by atoms with Crippen LogP contribution in [0.1, 0.15) is 25.1 Å². The van der Waals surface area contributed by atoms with Crippen molar-refractivity contribution >= 4 is 23.2 Å². The Balaban J connectivity index is 1.60. The predicted molar refractivity (Wildman–Crippen MR) is 138 cm³/mol. The van der Waals surface area contributed by atoms with E-state index >= 15 is 0 Å². The molecule has 212 valence electrons. The molecule has 0 spiro atoms. The number of nitrogens with zero attached hydrogens (tertiary/aromatic N) is 4. The van der Waals surface area contributed by atoms with Crippen LogP contribution in [-0.2, 0) is 31.1 Å². The van der Waals surface area contributed by atoms with Gasteiger partial charge in [-0.05, 0) is 42.2 Å². The molecule has 1 aromatic carbocycles. The van der Waals surface area contributed by atoms with Gasteiger partial charge in [-0.3, -0.25) is 9.59 Å². The summed E-state index contributed by atoms with van der Waals surface area (Å²) >= 11 is 0. The number of carbonyl (C=O) groups is 2. The first-order valence-electron chi connectivity index (χ1n) is 12.5. The van der Waals surface area contributed by atoms with Crippen molar-refractivity contribution in [3.8, 4) is 6.07 Å². The van der Waals surface area contributed by atoms with E-state index in [2.05, 4.69) is 15.4 Å². The summed E-state index contributed by atoms with van der Waals surface area (Å²) in [5.41, 5.74) is 10.7. The highest BCUT2D eigenvalue weighted by atomic mass is 19.1. The lowest BCUT2D eigenvalue weighted by atomic mass is 9.92. The summed E-state index contributed by atoms with van der Waals surface area (Å²) in [6.07, 6.45) is -3.12. The average Bonchev–Trinajstić information content (AvgIpc) is 3.49. The van der Waals surface area contributed by atoms with E-state index in [9.17, 15) is 29.5 Å². The van der Waals surface area contributed by atoms with Gasteiger partial charge in [-0.15, -0.1) is 0 Å². The molecule has 40 heavy (non-hydrogen) atoms. The minimum absolute atomic E-state index is 0.0381. The number of fused-ring (bicyclic) bond motifs is 1. The van der Waals surface area contributed by atoms with Crippen LogP contribution in [0.5, 0.6) is 0 Å². The van der Waals surface area contributed by atoms with E-state index in [0.717, 1.165) is 6.33 Å². The molecule has 1 amide bonds. The van der Waals surface area contributed by atoms with Crippen LogP contribution in [0.4, 0.5) is 10.2 Å². The smallest absolute Gasteiger partial charge is 0.323 e. The minimum Gasteiger partial charge on any atom is -0.455 e. The second kappa shape index (κ2) is 11.6. The SMILES string of the molecule is CC(C)[C@H](N)C(=O)O[C@@H]1C(CO)O[C@@](C#N)(c2ccc3c(NC(=O)[C@@H](N)Cc4ccc(F)cc4)ncnn23)[C@@H]1O. The standard InChI is InChI=1S/C26H30FN7O6/c1-13(2)20(30)25(38)39-21-18(10-35)40-26(11-28,22(21)36)19-8-7-17-23(31-12-32-34(17)19)33-24(37)16(29)9-14-3-5-15(27)6-4-14/h3-8,12-13,16,18,20-22,35-36H,9-10,29-30H2,1-2H3,(H,31,32,33,37)/t16-,18?,20-,21+,22+,26-/m0/s1. The number of aliphatic hydroxyl groups excluding tert-OH is 2. The molecular formula is C26H30FN7O6. The Bertz CT molecular complexity index is 1430. The van der Waals surface area contributed by atoms with Crippen LogP contribution in [0.25, 0.3) is 5.52 Å². The lowest BCUT2D eigenvalue weighted by Crippen LogP contribution is -2.46. The molecule has 1 aliphatic heterocycles. The summed E-state index contributed by atoms with van der Waals surface area (Å²) < 4.78 is 25.6. The third-order valence-electron chi connectivity index (χ3n) is 6.80. The number of nitriles is 1. The Morgan fingerprint density at radius 1 is 1.27 bits per heavy atom. The Labute approximate surface area is 228 Å². The largest absolute Gasteiger partial charge is 0.455 e. The van der Waals surface area contributed by atoms with Crippen LogP contribution in [-0.4, -0.2) is 73.7 Å². The van der Waals surface area contributed by atoms with Crippen molar-refractivity contribution in [2.45, 2.75) is 56.3 Å². The molecular weight excluding hydrogens is 525 g/mol. The predicted octanol–water partition coefficient (Wildman–Crippen LogP) is -0.257. The van der Waals surface area contributed by atoms with Gasteiger partial charge >= 0.3 is 5.97 Å². The van der Waals surface area contributed by atoms with Crippen molar-refractivity contribution in [2.24, 2.45) is 17.4 Å². The third-order valence-corrected chi connectivity index (χ3v) is 6.80. The number of anilines is 1. The number of nitrogens with two attached hydrogens (primary N) is 2. The maximum atomic E-state index is 13.2. The van der Waals surface area contributed by atoms with E-state index in [1.807, 2.05) is 6.07 Å². The Morgan fingerprint density at radius 3 is 2.60 bits per heavy atom. The van der Waals surface area contributed by atoms with Crippen LogP contribution in [0.15, 0.2) is 42.7 Å². The highest BCUT2D eigenvalue weighted by Crippen LogP contribution is 2.41. The normalized spacial score (nSPS) is 24.0. The fraction of sp³-hybridized carbons (Fsp3) is 0.423. The number of esters is 1. The molecule has 14 heteroatoms.